The molecule has 0 spiro atoms. The van der Waals surface area contributed by atoms with Gasteiger partial charge in [-0.25, -0.2) is 8.42 Å². The van der Waals surface area contributed by atoms with E-state index in [0.717, 1.165) is 10.8 Å². The molecular weight excluding hydrogens is 352 g/mol. The van der Waals surface area contributed by atoms with Crippen molar-refractivity contribution in [3.05, 3.63) is 82.4 Å². The quantitative estimate of drug-likeness (QED) is 0.499. The number of hydrogen-bond acceptors (Lipinski definition) is 4. The van der Waals surface area contributed by atoms with Crippen LogP contribution in [0.3, 0.4) is 0 Å². The van der Waals surface area contributed by atoms with Crippen molar-refractivity contribution in [3.8, 4) is 0 Å². The standard InChI is InChI=1S/C19H18N2O4S/c1-14(16-8-5-9-18(12-16)21(22)23)20(2)26(24,25)19-11-10-15-6-3-4-7-17(15)13-19/h3-14H,1-2H3. The van der Waals surface area contributed by atoms with Crippen LogP contribution >= 0.6 is 0 Å². The van der Waals surface area contributed by atoms with Gasteiger partial charge >= 0.3 is 0 Å². The topological polar surface area (TPSA) is 80.5 Å². The largest absolute Gasteiger partial charge is 0.269 e. The van der Waals surface area contributed by atoms with E-state index in [0.29, 0.717) is 5.56 Å². The number of fused-ring (bicyclic) bond motifs is 1. The van der Waals surface area contributed by atoms with E-state index >= 15 is 0 Å². The van der Waals surface area contributed by atoms with Crippen molar-refractivity contribution < 1.29 is 13.3 Å². The zero-order chi connectivity index (χ0) is 18.9. The number of non-ortho nitro benzene ring substituents is 1. The lowest BCUT2D eigenvalue weighted by Gasteiger charge is -2.24. The van der Waals surface area contributed by atoms with Gasteiger partial charge in [0.25, 0.3) is 5.69 Å². The van der Waals surface area contributed by atoms with Crippen LogP contribution in [0.5, 0.6) is 0 Å². The van der Waals surface area contributed by atoms with Crippen molar-refractivity contribution in [1.82, 2.24) is 4.31 Å². The minimum Gasteiger partial charge on any atom is -0.258 e. The van der Waals surface area contributed by atoms with Gasteiger partial charge in [-0.05, 0) is 35.4 Å². The van der Waals surface area contributed by atoms with Gasteiger partial charge in [-0.2, -0.15) is 4.31 Å². The van der Waals surface area contributed by atoms with Crippen molar-refractivity contribution >= 4 is 26.5 Å². The van der Waals surface area contributed by atoms with Gasteiger partial charge in [-0.15, -0.1) is 0 Å². The van der Waals surface area contributed by atoms with Gasteiger partial charge in [0.05, 0.1) is 9.82 Å². The lowest BCUT2D eigenvalue weighted by molar-refractivity contribution is -0.384. The maximum atomic E-state index is 13.0. The molecule has 1 atom stereocenters. The third kappa shape index (κ3) is 3.31. The van der Waals surface area contributed by atoms with Crippen LogP contribution in [0.15, 0.2) is 71.6 Å². The fourth-order valence-electron chi connectivity index (χ4n) is 2.81. The summed E-state index contributed by atoms with van der Waals surface area (Å²) in [4.78, 5) is 10.7. The van der Waals surface area contributed by atoms with Gasteiger partial charge in [-0.3, -0.25) is 10.1 Å². The van der Waals surface area contributed by atoms with E-state index in [-0.39, 0.29) is 10.6 Å². The van der Waals surface area contributed by atoms with Crippen LogP contribution in [-0.2, 0) is 10.0 Å². The Labute approximate surface area is 151 Å². The Kier molecular flexibility index (Phi) is 4.76. The highest BCUT2D eigenvalue weighted by Gasteiger charge is 2.27. The number of nitro benzene ring substituents is 1. The molecule has 0 saturated carbocycles. The molecule has 3 aromatic rings. The average molecular weight is 370 g/mol. The fourth-order valence-corrected chi connectivity index (χ4v) is 4.20. The molecule has 134 valence electrons. The van der Waals surface area contributed by atoms with Crippen molar-refractivity contribution in [1.29, 1.82) is 0 Å². The van der Waals surface area contributed by atoms with Gasteiger partial charge in [0.2, 0.25) is 10.0 Å². The summed E-state index contributed by atoms with van der Waals surface area (Å²) in [5.74, 6) is 0. The second-order valence-electron chi connectivity index (χ2n) is 6.06. The summed E-state index contributed by atoms with van der Waals surface area (Å²) in [5, 5.41) is 12.8. The Morgan fingerprint density at radius 3 is 2.35 bits per heavy atom. The van der Waals surface area contributed by atoms with Gasteiger partial charge in [0.15, 0.2) is 0 Å². The van der Waals surface area contributed by atoms with Crippen molar-refractivity contribution in [2.24, 2.45) is 0 Å². The predicted octanol–water partition coefficient (Wildman–Crippen LogP) is 4.13. The van der Waals surface area contributed by atoms with Crippen molar-refractivity contribution in [2.75, 3.05) is 7.05 Å². The molecule has 0 aliphatic heterocycles. The summed E-state index contributed by atoms with van der Waals surface area (Å²) in [6, 6.07) is 18.0. The highest BCUT2D eigenvalue weighted by Crippen LogP contribution is 2.29. The first kappa shape index (κ1) is 18.0. The highest BCUT2D eigenvalue weighted by atomic mass is 32.2. The number of hydrogen-bond donors (Lipinski definition) is 0. The maximum absolute atomic E-state index is 13.0. The molecule has 0 radical (unpaired) electrons. The molecule has 0 heterocycles. The lowest BCUT2D eigenvalue weighted by atomic mass is 10.1. The third-order valence-electron chi connectivity index (χ3n) is 4.51. The summed E-state index contributed by atoms with van der Waals surface area (Å²) in [6.45, 7) is 1.71. The zero-order valence-electron chi connectivity index (χ0n) is 14.4. The minimum atomic E-state index is -3.75. The number of rotatable bonds is 5. The van der Waals surface area contributed by atoms with E-state index in [1.807, 2.05) is 24.3 Å². The van der Waals surface area contributed by atoms with E-state index in [1.54, 1.807) is 37.3 Å². The van der Waals surface area contributed by atoms with Crippen LogP contribution in [0.25, 0.3) is 10.8 Å². The second kappa shape index (κ2) is 6.86. The molecule has 6 nitrogen and oxygen atoms in total. The summed E-state index contributed by atoms with van der Waals surface area (Å²) >= 11 is 0. The number of benzene rings is 3. The first-order valence-corrected chi connectivity index (χ1v) is 9.46. The Morgan fingerprint density at radius 1 is 0.962 bits per heavy atom. The molecule has 7 heteroatoms. The van der Waals surface area contributed by atoms with Gasteiger partial charge in [-0.1, -0.05) is 42.5 Å². The van der Waals surface area contributed by atoms with Crippen LogP contribution in [0, 0.1) is 10.1 Å². The number of sulfonamides is 1. The lowest BCUT2D eigenvalue weighted by Crippen LogP contribution is -2.29. The first-order valence-electron chi connectivity index (χ1n) is 8.02. The van der Waals surface area contributed by atoms with E-state index in [1.165, 1.54) is 23.5 Å². The molecule has 3 rings (SSSR count). The average Bonchev–Trinajstić information content (AvgIpc) is 2.66. The van der Waals surface area contributed by atoms with Gasteiger partial charge < -0.3 is 0 Å². The molecule has 0 amide bonds. The normalized spacial score (nSPS) is 13.0. The Bertz CT molecular complexity index is 1080. The molecule has 0 aromatic heterocycles. The number of nitrogens with zero attached hydrogens (tertiary/aromatic N) is 2. The zero-order valence-corrected chi connectivity index (χ0v) is 15.2. The monoisotopic (exact) mass is 370 g/mol. The smallest absolute Gasteiger partial charge is 0.258 e. The SMILES string of the molecule is CC(c1cccc([N+](=O)[O-])c1)N(C)S(=O)(=O)c1ccc2ccccc2c1. The molecule has 0 fully saturated rings. The third-order valence-corrected chi connectivity index (χ3v) is 6.43. The Morgan fingerprint density at radius 2 is 1.65 bits per heavy atom. The molecular formula is C19H18N2O4S. The molecule has 0 aliphatic rings. The molecule has 3 aromatic carbocycles. The molecule has 26 heavy (non-hydrogen) atoms. The summed E-state index contributed by atoms with van der Waals surface area (Å²) in [7, 11) is -2.27. The maximum Gasteiger partial charge on any atom is 0.269 e. The summed E-state index contributed by atoms with van der Waals surface area (Å²) < 4.78 is 27.2. The van der Waals surface area contributed by atoms with Gasteiger partial charge in [0, 0.05) is 25.2 Å². The van der Waals surface area contributed by atoms with E-state index in [9.17, 15) is 18.5 Å². The summed E-state index contributed by atoms with van der Waals surface area (Å²) in [5.41, 5.74) is 0.497. The van der Waals surface area contributed by atoms with Crippen molar-refractivity contribution in [2.45, 2.75) is 17.9 Å². The number of nitro groups is 1. The molecule has 0 bridgehead atoms. The van der Waals surface area contributed by atoms with Crippen molar-refractivity contribution in [3.63, 3.8) is 0 Å². The second-order valence-corrected chi connectivity index (χ2v) is 8.06. The molecule has 0 aliphatic carbocycles. The van der Waals surface area contributed by atoms with Crippen LogP contribution in [0.4, 0.5) is 5.69 Å². The predicted molar refractivity (Wildman–Crippen MR) is 100 cm³/mol. The summed E-state index contributed by atoms with van der Waals surface area (Å²) in [6.07, 6.45) is 0. The van der Waals surface area contributed by atoms with E-state index in [4.69, 9.17) is 0 Å². The van der Waals surface area contributed by atoms with Crippen LogP contribution in [-0.4, -0.2) is 24.7 Å². The van der Waals surface area contributed by atoms with Crippen LogP contribution < -0.4 is 0 Å². The van der Waals surface area contributed by atoms with Crippen LogP contribution in [0.1, 0.15) is 18.5 Å². The molecule has 0 N–H and O–H groups in total. The Hall–Kier alpha value is -2.77. The molecule has 0 saturated heterocycles. The highest BCUT2D eigenvalue weighted by molar-refractivity contribution is 7.89. The van der Waals surface area contributed by atoms with Gasteiger partial charge in [0.1, 0.15) is 0 Å². The fraction of sp³-hybridized carbons (Fsp3) is 0.158. The van der Waals surface area contributed by atoms with E-state index < -0.39 is 21.0 Å². The van der Waals surface area contributed by atoms with Crippen LogP contribution in [0.2, 0.25) is 0 Å². The Balaban J connectivity index is 1.97. The molecule has 1 unspecified atom stereocenters. The van der Waals surface area contributed by atoms with E-state index in [2.05, 4.69) is 0 Å². The minimum absolute atomic E-state index is 0.0640. The first-order chi connectivity index (χ1) is 12.3.